The van der Waals surface area contributed by atoms with Crippen molar-refractivity contribution in [3.8, 4) is 0 Å². The summed E-state index contributed by atoms with van der Waals surface area (Å²) < 4.78 is 5.07. The molecule has 0 aromatic heterocycles. The summed E-state index contributed by atoms with van der Waals surface area (Å²) in [6.07, 6.45) is 9.05. The third-order valence-electron chi connectivity index (χ3n) is 4.97. The van der Waals surface area contributed by atoms with E-state index in [1.54, 1.807) is 7.11 Å². The van der Waals surface area contributed by atoms with Gasteiger partial charge >= 0.3 is 0 Å². The smallest absolute Gasteiger partial charge is 0.0611 e. The lowest BCUT2D eigenvalue weighted by molar-refractivity contribution is 0.192. The molecule has 0 bridgehead atoms. The first kappa shape index (κ1) is 17.5. The van der Waals surface area contributed by atoms with Crippen molar-refractivity contribution in [2.45, 2.75) is 62.8 Å². The summed E-state index contributed by atoms with van der Waals surface area (Å²) in [4.78, 5) is 0. The molecular weight excluding hydrogens is 274 g/mol. The van der Waals surface area contributed by atoms with Gasteiger partial charge in [0.15, 0.2) is 0 Å². The second-order valence-corrected chi connectivity index (χ2v) is 6.86. The maximum atomic E-state index is 9.38. The Balaban J connectivity index is 1.74. The second-order valence-electron chi connectivity index (χ2n) is 6.86. The van der Waals surface area contributed by atoms with E-state index in [0.29, 0.717) is 5.92 Å². The van der Waals surface area contributed by atoms with Crippen LogP contribution in [0.4, 0.5) is 0 Å². The van der Waals surface area contributed by atoms with Gasteiger partial charge < -0.3 is 15.6 Å². The summed E-state index contributed by atoms with van der Waals surface area (Å²) in [7, 11) is 1.77. The van der Waals surface area contributed by atoms with Crippen molar-refractivity contribution in [1.29, 1.82) is 0 Å². The van der Waals surface area contributed by atoms with Crippen molar-refractivity contribution in [2.75, 3.05) is 20.3 Å². The Bertz CT molecular complexity index is 432. The van der Waals surface area contributed by atoms with Crippen LogP contribution in [-0.4, -0.2) is 31.0 Å². The van der Waals surface area contributed by atoms with E-state index in [4.69, 9.17) is 10.5 Å². The zero-order chi connectivity index (χ0) is 15.8. The molecular formula is C19H31NO2. The van der Waals surface area contributed by atoms with E-state index in [2.05, 4.69) is 24.3 Å². The van der Waals surface area contributed by atoms with Gasteiger partial charge in [-0.05, 0) is 55.6 Å². The zero-order valence-corrected chi connectivity index (χ0v) is 13.9. The van der Waals surface area contributed by atoms with Crippen LogP contribution < -0.4 is 5.73 Å². The maximum absolute atomic E-state index is 9.38. The summed E-state index contributed by atoms with van der Waals surface area (Å²) >= 11 is 0. The number of rotatable bonds is 9. The minimum atomic E-state index is -0.356. The topological polar surface area (TPSA) is 55.5 Å². The lowest BCUT2D eigenvalue weighted by Crippen LogP contribution is -2.40. The number of unbranched alkanes of at least 4 members (excludes halogenated alkanes) is 3. The van der Waals surface area contributed by atoms with Crippen molar-refractivity contribution in [3.05, 3.63) is 35.4 Å². The minimum absolute atomic E-state index is 0.102. The molecule has 0 aliphatic heterocycles. The highest BCUT2D eigenvalue weighted by molar-refractivity contribution is 5.27. The van der Waals surface area contributed by atoms with Crippen LogP contribution in [0.2, 0.25) is 0 Å². The Morgan fingerprint density at radius 2 is 1.91 bits per heavy atom. The molecule has 0 amide bonds. The van der Waals surface area contributed by atoms with Crippen LogP contribution in [0.3, 0.4) is 0 Å². The van der Waals surface area contributed by atoms with Gasteiger partial charge in [0.05, 0.1) is 6.61 Å². The number of methoxy groups -OCH3 is 1. The standard InChI is InChI=1S/C19H31NO2/c1-22-13-5-3-2-4-6-16-7-9-17(10-8-16)18-11-12-19(20,14-18)15-21/h7-10,18,21H,2-6,11-15,20H2,1H3/t18-,19-/m1/s1. The normalized spacial score (nSPS) is 24.8. The van der Waals surface area contributed by atoms with Crippen molar-refractivity contribution in [2.24, 2.45) is 5.73 Å². The zero-order valence-electron chi connectivity index (χ0n) is 13.9. The SMILES string of the molecule is COCCCCCCc1ccc([C@@H]2CC[C@](N)(CO)C2)cc1. The van der Waals surface area contributed by atoms with Crippen LogP contribution in [-0.2, 0) is 11.2 Å². The third-order valence-corrected chi connectivity index (χ3v) is 4.97. The number of aliphatic hydroxyl groups excluding tert-OH is 1. The molecule has 1 aromatic carbocycles. The predicted octanol–water partition coefficient (Wildman–Crippen LogP) is 3.39. The number of hydrogen-bond acceptors (Lipinski definition) is 3. The molecule has 1 saturated carbocycles. The molecule has 0 unspecified atom stereocenters. The van der Waals surface area contributed by atoms with Gasteiger partial charge in [0.25, 0.3) is 0 Å². The van der Waals surface area contributed by atoms with Gasteiger partial charge in [0.1, 0.15) is 0 Å². The first-order valence-electron chi connectivity index (χ1n) is 8.64. The molecule has 0 saturated heterocycles. The van der Waals surface area contributed by atoms with Crippen molar-refractivity contribution < 1.29 is 9.84 Å². The van der Waals surface area contributed by atoms with Crippen molar-refractivity contribution in [3.63, 3.8) is 0 Å². The largest absolute Gasteiger partial charge is 0.394 e. The van der Waals surface area contributed by atoms with Gasteiger partial charge in [-0.15, -0.1) is 0 Å². The van der Waals surface area contributed by atoms with Crippen LogP contribution >= 0.6 is 0 Å². The van der Waals surface area contributed by atoms with E-state index < -0.39 is 0 Å². The first-order valence-corrected chi connectivity index (χ1v) is 8.64. The van der Waals surface area contributed by atoms with E-state index in [-0.39, 0.29) is 12.1 Å². The Kier molecular flexibility index (Phi) is 6.87. The van der Waals surface area contributed by atoms with Crippen molar-refractivity contribution >= 4 is 0 Å². The molecule has 1 aliphatic carbocycles. The quantitative estimate of drug-likeness (QED) is 0.688. The number of aryl methyl sites for hydroxylation is 1. The average Bonchev–Trinajstić information content (AvgIpc) is 2.94. The fraction of sp³-hybridized carbons (Fsp3) is 0.684. The highest BCUT2D eigenvalue weighted by atomic mass is 16.5. The van der Waals surface area contributed by atoms with Gasteiger partial charge in [-0.1, -0.05) is 37.1 Å². The number of benzene rings is 1. The maximum Gasteiger partial charge on any atom is 0.0611 e. The highest BCUT2D eigenvalue weighted by Gasteiger charge is 2.35. The fourth-order valence-electron chi connectivity index (χ4n) is 3.47. The molecule has 2 atom stereocenters. The van der Waals surface area contributed by atoms with Gasteiger partial charge in [-0.2, -0.15) is 0 Å². The van der Waals surface area contributed by atoms with Gasteiger partial charge in [-0.3, -0.25) is 0 Å². The molecule has 0 spiro atoms. The van der Waals surface area contributed by atoms with Gasteiger partial charge in [-0.25, -0.2) is 0 Å². The molecule has 1 aromatic rings. The van der Waals surface area contributed by atoms with Crippen LogP contribution in [0.5, 0.6) is 0 Å². The molecule has 3 nitrogen and oxygen atoms in total. The second kappa shape index (κ2) is 8.66. The highest BCUT2D eigenvalue weighted by Crippen LogP contribution is 2.39. The summed E-state index contributed by atoms with van der Waals surface area (Å²) in [5.74, 6) is 0.514. The minimum Gasteiger partial charge on any atom is -0.394 e. The van der Waals surface area contributed by atoms with E-state index in [0.717, 1.165) is 32.3 Å². The van der Waals surface area contributed by atoms with Gasteiger partial charge in [0.2, 0.25) is 0 Å². The summed E-state index contributed by atoms with van der Waals surface area (Å²) in [6.45, 7) is 0.983. The van der Waals surface area contributed by atoms with Crippen molar-refractivity contribution in [1.82, 2.24) is 0 Å². The molecule has 1 aliphatic rings. The Hall–Kier alpha value is -0.900. The molecule has 0 radical (unpaired) electrons. The molecule has 124 valence electrons. The summed E-state index contributed by atoms with van der Waals surface area (Å²) in [6, 6.07) is 9.04. The summed E-state index contributed by atoms with van der Waals surface area (Å²) in [5.41, 5.74) is 8.62. The Labute approximate surface area is 134 Å². The number of aliphatic hydroxyl groups is 1. The van der Waals surface area contributed by atoms with Crippen LogP contribution in [0.1, 0.15) is 62.0 Å². The lowest BCUT2D eigenvalue weighted by Gasteiger charge is -2.21. The van der Waals surface area contributed by atoms with Gasteiger partial charge in [0, 0.05) is 19.3 Å². The monoisotopic (exact) mass is 305 g/mol. The van der Waals surface area contributed by atoms with E-state index in [1.807, 2.05) is 0 Å². The Morgan fingerprint density at radius 1 is 1.18 bits per heavy atom. The van der Waals surface area contributed by atoms with Crippen LogP contribution in [0.25, 0.3) is 0 Å². The predicted molar refractivity (Wildman–Crippen MR) is 91.1 cm³/mol. The van der Waals surface area contributed by atoms with E-state index >= 15 is 0 Å². The molecule has 22 heavy (non-hydrogen) atoms. The number of nitrogens with two attached hydrogens (primary N) is 1. The van der Waals surface area contributed by atoms with Crippen LogP contribution in [0.15, 0.2) is 24.3 Å². The molecule has 1 fully saturated rings. The molecule has 3 heteroatoms. The van der Waals surface area contributed by atoms with E-state index in [1.165, 1.54) is 36.8 Å². The summed E-state index contributed by atoms with van der Waals surface area (Å²) in [5, 5.41) is 9.38. The lowest BCUT2D eigenvalue weighted by atomic mass is 9.92. The molecule has 0 heterocycles. The third kappa shape index (κ3) is 5.08. The van der Waals surface area contributed by atoms with Crippen LogP contribution in [0, 0.1) is 0 Å². The molecule has 3 N–H and O–H groups in total. The number of hydrogen-bond donors (Lipinski definition) is 2. The van der Waals surface area contributed by atoms with E-state index in [9.17, 15) is 5.11 Å². The number of ether oxygens (including phenoxy) is 1. The fourth-order valence-corrected chi connectivity index (χ4v) is 3.47. The first-order chi connectivity index (χ1) is 10.7. The molecule has 2 rings (SSSR count). The Morgan fingerprint density at radius 3 is 2.55 bits per heavy atom. The average molecular weight is 305 g/mol.